The fraction of sp³-hybridized carbons (Fsp3) is 0.217. The molecule has 1 aliphatic heterocycles. The third-order valence-corrected chi connectivity index (χ3v) is 4.71. The molecule has 2 N–H and O–H groups in total. The van der Waals surface area contributed by atoms with Crippen LogP contribution in [0.2, 0.25) is 0 Å². The number of anilines is 1. The van der Waals surface area contributed by atoms with Gasteiger partial charge in [-0.15, -0.1) is 0 Å². The van der Waals surface area contributed by atoms with Gasteiger partial charge in [-0.05, 0) is 41.8 Å². The number of urea groups is 1. The van der Waals surface area contributed by atoms with Gasteiger partial charge in [0.25, 0.3) is 5.91 Å². The molecule has 4 amide bonds. The number of ether oxygens (including phenoxy) is 2. The van der Waals surface area contributed by atoms with Gasteiger partial charge in [-0.1, -0.05) is 37.3 Å². The van der Waals surface area contributed by atoms with Gasteiger partial charge in [-0.3, -0.25) is 9.59 Å². The van der Waals surface area contributed by atoms with Gasteiger partial charge in [0.05, 0.1) is 7.11 Å². The molecule has 3 rings (SSSR count). The van der Waals surface area contributed by atoms with E-state index in [9.17, 15) is 19.2 Å². The summed E-state index contributed by atoms with van der Waals surface area (Å²) < 4.78 is 9.77. The quantitative estimate of drug-likeness (QED) is 0.372. The van der Waals surface area contributed by atoms with Crippen molar-refractivity contribution < 1.29 is 28.7 Å². The number of amides is 4. The molecular formula is C23H23N3O6. The van der Waals surface area contributed by atoms with Crippen LogP contribution in [0.25, 0.3) is 6.08 Å². The van der Waals surface area contributed by atoms with Gasteiger partial charge >= 0.3 is 12.0 Å². The minimum absolute atomic E-state index is 0.0555. The van der Waals surface area contributed by atoms with Gasteiger partial charge < -0.3 is 20.1 Å². The Labute approximate surface area is 185 Å². The van der Waals surface area contributed by atoms with Crippen molar-refractivity contribution >= 4 is 35.6 Å². The lowest BCUT2D eigenvalue weighted by Crippen LogP contribution is -2.38. The highest BCUT2D eigenvalue weighted by molar-refractivity contribution is 6.16. The molecule has 32 heavy (non-hydrogen) atoms. The number of hydrogen-bond acceptors (Lipinski definition) is 6. The number of carbonyl (C=O) groups is 4. The van der Waals surface area contributed by atoms with Crippen LogP contribution in [0.5, 0.6) is 5.75 Å². The van der Waals surface area contributed by atoms with Crippen molar-refractivity contribution in [2.24, 2.45) is 0 Å². The smallest absolute Gasteiger partial charge is 0.343 e. The lowest BCUT2D eigenvalue weighted by molar-refractivity contribution is -0.142. The number of para-hydroxylation sites is 1. The molecule has 2 aromatic rings. The van der Waals surface area contributed by atoms with Crippen LogP contribution in [0.15, 0.2) is 54.2 Å². The molecule has 0 atom stereocenters. The Morgan fingerprint density at radius 1 is 1.09 bits per heavy atom. The lowest BCUT2D eigenvalue weighted by atomic mass is 10.1. The van der Waals surface area contributed by atoms with Crippen LogP contribution in [-0.4, -0.2) is 49.0 Å². The Morgan fingerprint density at radius 2 is 1.81 bits per heavy atom. The van der Waals surface area contributed by atoms with Crippen LogP contribution in [0.4, 0.5) is 10.5 Å². The second-order valence-electron chi connectivity index (χ2n) is 6.87. The summed E-state index contributed by atoms with van der Waals surface area (Å²) in [6.45, 7) is 1.35. The average molecular weight is 437 g/mol. The number of aryl methyl sites for hydroxylation is 1. The Kier molecular flexibility index (Phi) is 7.22. The molecule has 0 bridgehead atoms. The van der Waals surface area contributed by atoms with Gasteiger partial charge in [0.2, 0.25) is 5.91 Å². The summed E-state index contributed by atoms with van der Waals surface area (Å²) in [7, 11) is 1.27. The zero-order valence-corrected chi connectivity index (χ0v) is 17.7. The molecule has 0 aliphatic carbocycles. The first-order valence-corrected chi connectivity index (χ1v) is 9.93. The second kappa shape index (κ2) is 10.3. The van der Waals surface area contributed by atoms with E-state index in [1.807, 2.05) is 19.1 Å². The monoisotopic (exact) mass is 437 g/mol. The van der Waals surface area contributed by atoms with Gasteiger partial charge in [0, 0.05) is 5.69 Å². The maximum Gasteiger partial charge on any atom is 0.343 e. The van der Waals surface area contributed by atoms with E-state index in [1.165, 1.54) is 13.2 Å². The van der Waals surface area contributed by atoms with Crippen molar-refractivity contribution in [1.29, 1.82) is 0 Å². The highest BCUT2D eigenvalue weighted by atomic mass is 16.6. The SMILES string of the molecule is CCc1ccccc1NC(=O)CN1C(=O)N/C(=C/c2ccc(OCC(=O)OC)cc2)C1=O. The van der Waals surface area contributed by atoms with E-state index in [2.05, 4.69) is 15.4 Å². The Hall–Kier alpha value is -4.14. The summed E-state index contributed by atoms with van der Waals surface area (Å²) in [5.74, 6) is -1.12. The number of nitrogens with one attached hydrogen (secondary N) is 2. The topological polar surface area (TPSA) is 114 Å². The fourth-order valence-electron chi connectivity index (χ4n) is 3.03. The third-order valence-electron chi connectivity index (χ3n) is 4.71. The number of esters is 1. The van der Waals surface area contributed by atoms with Gasteiger partial charge in [0.1, 0.15) is 18.0 Å². The Balaban J connectivity index is 1.63. The summed E-state index contributed by atoms with van der Waals surface area (Å²) in [6, 6.07) is 13.2. The average Bonchev–Trinajstić information content (AvgIpc) is 3.05. The first-order chi connectivity index (χ1) is 15.4. The molecule has 9 nitrogen and oxygen atoms in total. The number of benzene rings is 2. The first-order valence-electron chi connectivity index (χ1n) is 9.93. The van der Waals surface area contributed by atoms with Gasteiger partial charge in [-0.2, -0.15) is 0 Å². The van der Waals surface area contributed by atoms with E-state index in [0.29, 0.717) is 17.0 Å². The molecular weight excluding hydrogens is 414 g/mol. The van der Waals surface area contributed by atoms with Gasteiger partial charge in [-0.25, -0.2) is 14.5 Å². The minimum atomic E-state index is -0.668. The summed E-state index contributed by atoms with van der Waals surface area (Å²) in [5, 5.41) is 5.23. The second-order valence-corrected chi connectivity index (χ2v) is 6.87. The van der Waals surface area contributed by atoms with Crippen molar-refractivity contribution in [3.63, 3.8) is 0 Å². The largest absolute Gasteiger partial charge is 0.482 e. The molecule has 2 aromatic carbocycles. The van der Waals surface area contributed by atoms with E-state index in [1.54, 1.807) is 36.4 Å². The minimum Gasteiger partial charge on any atom is -0.482 e. The standard InChI is InChI=1S/C23H23N3O6/c1-3-16-6-4-5-7-18(16)24-20(27)13-26-22(29)19(25-23(26)30)12-15-8-10-17(11-9-15)32-14-21(28)31-2/h4-12H,3,13-14H2,1-2H3,(H,24,27)(H,25,30)/b19-12+. The van der Waals surface area contributed by atoms with Crippen LogP contribution in [0, 0.1) is 0 Å². The van der Waals surface area contributed by atoms with Crippen molar-refractivity contribution in [3.8, 4) is 5.75 Å². The Bertz CT molecular complexity index is 1060. The molecule has 1 heterocycles. The molecule has 1 aliphatic rings. The van der Waals surface area contributed by atoms with Crippen molar-refractivity contribution in [3.05, 3.63) is 65.4 Å². The maximum atomic E-state index is 12.6. The first kappa shape index (κ1) is 22.5. The van der Waals surface area contributed by atoms with Crippen LogP contribution < -0.4 is 15.4 Å². The Morgan fingerprint density at radius 3 is 2.50 bits per heavy atom. The predicted octanol–water partition coefficient (Wildman–Crippen LogP) is 2.33. The zero-order valence-electron chi connectivity index (χ0n) is 17.7. The lowest BCUT2D eigenvalue weighted by Gasteiger charge is -2.13. The molecule has 0 unspecified atom stereocenters. The number of hydrogen-bond donors (Lipinski definition) is 2. The summed E-state index contributed by atoms with van der Waals surface area (Å²) >= 11 is 0. The van der Waals surface area contributed by atoms with Crippen LogP contribution in [0.3, 0.4) is 0 Å². The van der Waals surface area contributed by atoms with Crippen molar-refractivity contribution in [2.45, 2.75) is 13.3 Å². The van der Waals surface area contributed by atoms with E-state index < -0.39 is 30.4 Å². The van der Waals surface area contributed by atoms with E-state index in [4.69, 9.17) is 4.74 Å². The van der Waals surface area contributed by atoms with E-state index in [-0.39, 0.29) is 12.3 Å². The highest BCUT2D eigenvalue weighted by Crippen LogP contribution is 2.19. The maximum absolute atomic E-state index is 12.6. The summed E-state index contributed by atoms with van der Waals surface area (Å²) in [5.41, 5.74) is 2.29. The number of methoxy groups -OCH3 is 1. The number of rotatable bonds is 8. The van der Waals surface area contributed by atoms with Gasteiger partial charge in [0.15, 0.2) is 6.61 Å². The number of nitrogens with zero attached hydrogens (tertiary/aromatic N) is 1. The van der Waals surface area contributed by atoms with Crippen LogP contribution in [-0.2, 0) is 25.5 Å². The summed E-state index contributed by atoms with van der Waals surface area (Å²) in [4.78, 5) is 49.2. The third kappa shape index (κ3) is 5.51. The van der Waals surface area contributed by atoms with Crippen LogP contribution >= 0.6 is 0 Å². The molecule has 0 spiro atoms. The van der Waals surface area contributed by atoms with E-state index >= 15 is 0 Å². The summed E-state index contributed by atoms with van der Waals surface area (Å²) in [6.07, 6.45) is 2.23. The highest BCUT2D eigenvalue weighted by Gasteiger charge is 2.34. The number of imide groups is 1. The molecule has 0 saturated carbocycles. The molecule has 0 radical (unpaired) electrons. The van der Waals surface area contributed by atoms with Crippen molar-refractivity contribution in [2.75, 3.05) is 25.6 Å². The molecule has 166 valence electrons. The molecule has 1 fully saturated rings. The molecule has 1 saturated heterocycles. The zero-order chi connectivity index (χ0) is 23.1. The van der Waals surface area contributed by atoms with Crippen molar-refractivity contribution in [1.82, 2.24) is 10.2 Å². The van der Waals surface area contributed by atoms with Crippen LogP contribution in [0.1, 0.15) is 18.1 Å². The normalized spacial score (nSPS) is 14.3. The number of carbonyl (C=O) groups excluding carboxylic acids is 4. The fourth-order valence-corrected chi connectivity index (χ4v) is 3.03. The molecule has 0 aromatic heterocycles. The predicted molar refractivity (Wildman–Crippen MR) is 117 cm³/mol. The molecule has 9 heteroatoms. The van der Waals surface area contributed by atoms with E-state index in [0.717, 1.165) is 16.9 Å².